The quantitative estimate of drug-likeness (QED) is 0.580. The number of fused-ring (bicyclic) bond motifs is 1. The first-order valence-electron chi connectivity index (χ1n) is 9.00. The molecule has 140 valence electrons. The molecule has 0 saturated carbocycles. The zero-order valence-corrected chi connectivity index (χ0v) is 14.9. The monoisotopic (exact) mass is 375 g/mol. The topological polar surface area (TPSA) is 101 Å². The summed E-state index contributed by atoms with van der Waals surface area (Å²) >= 11 is 0. The minimum absolute atomic E-state index is 0.00523. The number of hydrogen-bond acceptors (Lipinski definition) is 7. The molecule has 1 amide bonds. The predicted molar refractivity (Wildman–Crippen MR) is 101 cm³/mol. The molecule has 1 aliphatic rings. The summed E-state index contributed by atoms with van der Waals surface area (Å²) in [5.74, 6) is 1.09. The van der Waals surface area contributed by atoms with Gasteiger partial charge in [-0.15, -0.1) is 10.2 Å². The Morgan fingerprint density at radius 3 is 3.04 bits per heavy atom. The molecule has 9 heteroatoms. The molecule has 4 heterocycles. The average Bonchev–Trinajstić information content (AvgIpc) is 3.48. The number of aromatic nitrogens is 5. The van der Waals surface area contributed by atoms with Gasteiger partial charge < -0.3 is 14.7 Å². The van der Waals surface area contributed by atoms with Crippen LogP contribution in [0.25, 0.3) is 17.0 Å². The van der Waals surface area contributed by atoms with Gasteiger partial charge in [-0.2, -0.15) is 0 Å². The van der Waals surface area contributed by atoms with E-state index in [9.17, 15) is 4.79 Å². The van der Waals surface area contributed by atoms with Crippen molar-refractivity contribution in [1.82, 2.24) is 30.1 Å². The number of anilines is 1. The second-order valence-corrected chi connectivity index (χ2v) is 6.66. The molecular formula is C19H17N7O2. The van der Waals surface area contributed by atoms with Crippen molar-refractivity contribution in [1.29, 1.82) is 0 Å². The number of carbonyl (C=O) groups excluding carboxylic acids is 1. The Hall–Kier alpha value is -3.75. The van der Waals surface area contributed by atoms with Crippen molar-refractivity contribution in [2.24, 2.45) is 0 Å². The molecule has 28 heavy (non-hydrogen) atoms. The smallest absolute Gasteiger partial charge is 0.273 e. The molecular weight excluding hydrogens is 358 g/mol. The molecule has 5 rings (SSSR count). The molecule has 4 aromatic rings. The number of rotatable bonds is 4. The molecule has 1 aromatic carbocycles. The fourth-order valence-electron chi connectivity index (χ4n) is 3.42. The summed E-state index contributed by atoms with van der Waals surface area (Å²) in [4.78, 5) is 19.1. The number of carbonyl (C=O) groups is 1. The van der Waals surface area contributed by atoms with Gasteiger partial charge in [-0.1, -0.05) is 35.5 Å². The summed E-state index contributed by atoms with van der Waals surface area (Å²) in [5, 5.41) is 15.0. The Bertz CT molecular complexity index is 1120. The van der Waals surface area contributed by atoms with Gasteiger partial charge in [0.05, 0.1) is 0 Å². The van der Waals surface area contributed by atoms with E-state index in [1.165, 1.54) is 0 Å². The van der Waals surface area contributed by atoms with Gasteiger partial charge in [0.1, 0.15) is 6.33 Å². The van der Waals surface area contributed by atoms with Crippen LogP contribution >= 0.6 is 0 Å². The number of hydrogen-bond donors (Lipinski definition) is 1. The van der Waals surface area contributed by atoms with Gasteiger partial charge in [0.15, 0.2) is 17.3 Å². The minimum atomic E-state index is -0.244. The van der Waals surface area contributed by atoms with Crippen LogP contribution in [0.3, 0.4) is 0 Å². The lowest BCUT2D eigenvalue weighted by molar-refractivity contribution is 0.0931. The van der Waals surface area contributed by atoms with Crippen LogP contribution in [0.1, 0.15) is 16.9 Å². The highest BCUT2D eigenvalue weighted by Crippen LogP contribution is 2.22. The van der Waals surface area contributed by atoms with Crippen LogP contribution in [0.15, 0.2) is 59.6 Å². The van der Waals surface area contributed by atoms with E-state index in [1.807, 2.05) is 40.9 Å². The van der Waals surface area contributed by atoms with E-state index < -0.39 is 0 Å². The Labute approximate surface area is 160 Å². The summed E-state index contributed by atoms with van der Waals surface area (Å²) in [7, 11) is 0. The number of benzene rings is 1. The van der Waals surface area contributed by atoms with Gasteiger partial charge in [-0.05, 0) is 6.42 Å². The number of nitrogens with one attached hydrogen (secondary N) is 1. The van der Waals surface area contributed by atoms with Crippen LogP contribution in [-0.2, 0) is 0 Å². The van der Waals surface area contributed by atoms with Crippen molar-refractivity contribution in [2.45, 2.75) is 12.5 Å². The normalized spacial score (nSPS) is 16.6. The molecule has 0 bridgehead atoms. The van der Waals surface area contributed by atoms with Crippen molar-refractivity contribution in [2.75, 3.05) is 18.0 Å². The largest absolute Gasteiger partial charge is 0.355 e. The summed E-state index contributed by atoms with van der Waals surface area (Å²) in [6.07, 6.45) is 5.98. The summed E-state index contributed by atoms with van der Waals surface area (Å²) < 4.78 is 7.14. The van der Waals surface area contributed by atoms with Gasteiger partial charge in [0.2, 0.25) is 5.65 Å². The molecule has 1 saturated heterocycles. The molecule has 0 aliphatic carbocycles. The van der Waals surface area contributed by atoms with Crippen LogP contribution in [0.5, 0.6) is 0 Å². The highest BCUT2D eigenvalue weighted by Gasteiger charge is 2.27. The zero-order chi connectivity index (χ0) is 18.9. The Morgan fingerprint density at radius 2 is 2.14 bits per heavy atom. The number of amides is 1. The average molecular weight is 375 g/mol. The van der Waals surface area contributed by atoms with Crippen LogP contribution < -0.4 is 10.2 Å². The Balaban J connectivity index is 1.27. The van der Waals surface area contributed by atoms with Gasteiger partial charge in [-0.3, -0.25) is 9.20 Å². The predicted octanol–water partition coefficient (Wildman–Crippen LogP) is 1.79. The van der Waals surface area contributed by atoms with Crippen molar-refractivity contribution < 1.29 is 9.32 Å². The molecule has 1 N–H and O–H groups in total. The van der Waals surface area contributed by atoms with Crippen molar-refractivity contribution in [3.05, 3.63) is 60.8 Å². The highest BCUT2D eigenvalue weighted by atomic mass is 16.5. The maximum Gasteiger partial charge on any atom is 0.273 e. The third-order valence-electron chi connectivity index (χ3n) is 4.82. The molecule has 9 nitrogen and oxygen atoms in total. The van der Waals surface area contributed by atoms with Crippen molar-refractivity contribution in [3.8, 4) is 11.3 Å². The first-order chi connectivity index (χ1) is 13.8. The van der Waals surface area contributed by atoms with Gasteiger partial charge >= 0.3 is 0 Å². The standard InChI is InChI=1S/C19H17N7O2/c27-19(15-10-16(28-24-15)13-4-2-1-3-5-13)22-14-6-8-25(11-14)17-18-23-21-12-26(18)9-7-20-17/h1-5,7,9-10,12,14H,6,8,11H2,(H,22,27)/t14-/m0/s1. The third kappa shape index (κ3) is 2.96. The van der Waals surface area contributed by atoms with Gasteiger partial charge in [0.25, 0.3) is 5.91 Å². The maximum absolute atomic E-state index is 12.6. The SMILES string of the molecule is O=C(N[C@H]1CCN(c2nccn3cnnc23)C1)c1cc(-c2ccccc2)on1. The maximum atomic E-state index is 12.6. The van der Waals surface area contributed by atoms with Crippen LogP contribution in [-0.4, -0.2) is 49.8 Å². The van der Waals surface area contributed by atoms with Crippen molar-refractivity contribution >= 4 is 17.4 Å². The van der Waals surface area contributed by atoms with Crippen LogP contribution in [0.2, 0.25) is 0 Å². The van der Waals surface area contributed by atoms with Crippen LogP contribution in [0, 0.1) is 0 Å². The first kappa shape index (κ1) is 16.4. The van der Waals surface area contributed by atoms with E-state index in [2.05, 4.69) is 30.6 Å². The van der Waals surface area contributed by atoms with Crippen molar-refractivity contribution in [3.63, 3.8) is 0 Å². The molecule has 0 spiro atoms. The lowest BCUT2D eigenvalue weighted by Gasteiger charge is -2.17. The van der Waals surface area contributed by atoms with Gasteiger partial charge in [-0.25, -0.2) is 4.98 Å². The van der Waals surface area contributed by atoms with E-state index in [0.29, 0.717) is 18.0 Å². The fourth-order valence-corrected chi connectivity index (χ4v) is 3.42. The Kier molecular flexibility index (Phi) is 3.97. The lowest BCUT2D eigenvalue weighted by atomic mass is 10.1. The number of nitrogens with zero attached hydrogens (tertiary/aromatic N) is 6. The molecule has 1 aliphatic heterocycles. The zero-order valence-electron chi connectivity index (χ0n) is 14.9. The molecule has 1 fully saturated rings. The molecule has 0 unspecified atom stereocenters. The van der Waals surface area contributed by atoms with Gasteiger partial charge in [0, 0.05) is 43.2 Å². The molecule has 0 radical (unpaired) electrons. The van der Waals surface area contributed by atoms with E-state index in [-0.39, 0.29) is 17.6 Å². The summed E-state index contributed by atoms with van der Waals surface area (Å²) in [5.41, 5.74) is 1.86. The second-order valence-electron chi connectivity index (χ2n) is 6.66. The first-order valence-corrected chi connectivity index (χ1v) is 9.00. The summed E-state index contributed by atoms with van der Waals surface area (Å²) in [6, 6.07) is 11.2. The van der Waals surface area contributed by atoms with Crippen LogP contribution in [0.4, 0.5) is 5.82 Å². The van der Waals surface area contributed by atoms with E-state index in [1.54, 1.807) is 18.6 Å². The minimum Gasteiger partial charge on any atom is -0.355 e. The van der Waals surface area contributed by atoms with E-state index in [0.717, 1.165) is 24.3 Å². The molecule has 3 aromatic heterocycles. The van der Waals surface area contributed by atoms with E-state index in [4.69, 9.17) is 4.52 Å². The highest BCUT2D eigenvalue weighted by molar-refractivity contribution is 5.93. The lowest BCUT2D eigenvalue weighted by Crippen LogP contribution is -2.37. The molecule has 1 atom stereocenters. The summed E-state index contributed by atoms with van der Waals surface area (Å²) in [6.45, 7) is 1.42. The van der Waals surface area contributed by atoms with E-state index >= 15 is 0 Å². The third-order valence-corrected chi connectivity index (χ3v) is 4.82. The second kappa shape index (κ2) is 6.76. The fraction of sp³-hybridized carbons (Fsp3) is 0.211. The Morgan fingerprint density at radius 1 is 1.25 bits per heavy atom.